The number of esters is 1. The zero-order valence-electron chi connectivity index (χ0n) is 17.7. The molecule has 0 bridgehead atoms. The first-order chi connectivity index (χ1) is 13.6. The fraction of sp³-hybridized carbons (Fsp3) is 0.600. The lowest BCUT2D eigenvalue weighted by Gasteiger charge is -2.18. The molecule has 1 aromatic carbocycles. The smallest absolute Gasteiger partial charge is 0.315 e. The van der Waals surface area contributed by atoms with Gasteiger partial charge >= 0.3 is 5.97 Å². The molecule has 0 saturated carbocycles. The summed E-state index contributed by atoms with van der Waals surface area (Å²) in [5, 5.41) is 0.204. The van der Waals surface area contributed by atoms with Crippen LogP contribution in [0.4, 0.5) is 0 Å². The molecule has 0 spiro atoms. The Labute approximate surface area is 177 Å². The average Bonchev–Trinajstić information content (AvgIpc) is 3.13. The van der Waals surface area contributed by atoms with Crippen LogP contribution in [0.15, 0.2) is 11.0 Å². The number of hydrogen-bond donors (Lipinski definition) is 1. The molecule has 1 amide bonds. The van der Waals surface area contributed by atoms with Crippen LogP contribution in [0.3, 0.4) is 0 Å². The van der Waals surface area contributed by atoms with E-state index in [1.165, 1.54) is 18.9 Å². The normalized spacial score (nSPS) is 16.9. The summed E-state index contributed by atoms with van der Waals surface area (Å²) in [6.07, 6.45) is 0.927. The van der Waals surface area contributed by atoms with Crippen LogP contribution in [0.25, 0.3) is 0 Å². The number of sulfonamides is 1. The predicted molar refractivity (Wildman–Crippen MR) is 115 cm³/mol. The number of amides is 1. The second kappa shape index (κ2) is 9.95. The number of likely N-dealkylation sites (tertiary alicyclic amines) is 1. The molecule has 1 N–H and O–H groups in total. The van der Waals surface area contributed by atoms with Crippen LogP contribution in [0.2, 0.25) is 0 Å². The van der Waals surface area contributed by atoms with E-state index in [1.807, 2.05) is 19.9 Å². The van der Waals surface area contributed by atoms with Crippen molar-refractivity contribution >= 4 is 33.7 Å². The molecule has 1 aromatic rings. The second-order valence-electron chi connectivity index (χ2n) is 7.37. The lowest BCUT2D eigenvalue weighted by Crippen LogP contribution is -2.34. The molecule has 1 aliphatic rings. The topological polar surface area (TPSA) is 92.8 Å². The summed E-state index contributed by atoms with van der Waals surface area (Å²) in [4.78, 5) is 25.7. The molecule has 0 aromatic heterocycles. The van der Waals surface area contributed by atoms with Crippen molar-refractivity contribution in [1.29, 1.82) is 0 Å². The van der Waals surface area contributed by atoms with Crippen LogP contribution in [-0.4, -0.2) is 62.9 Å². The van der Waals surface area contributed by atoms with Crippen molar-refractivity contribution in [3.8, 4) is 0 Å². The van der Waals surface area contributed by atoms with Gasteiger partial charge in [-0.15, -0.1) is 11.8 Å². The molecule has 0 radical (unpaired) electrons. The molecule has 1 aliphatic heterocycles. The summed E-state index contributed by atoms with van der Waals surface area (Å²) in [5.74, 6) is -0.0775. The Balaban J connectivity index is 1.90. The van der Waals surface area contributed by atoms with Crippen molar-refractivity contribution in [3.63, 3.8) is 0 Å². The molecular formula is C20H30N2O5S2. The van der Waals surface area contributed by atoms with Crippen molar-refractivity contribution in [2.45, 2.75) is 50.7 Å². The van der Waals surface area contributed by atoms with E-state index < -0.39 is 10.0 Å². The van der Waals surface area contributed by atoms with Crippen LogP contribution in [0.5, 0.6) is 0 Å². The van der Waals surface area contributed by atoms with E-state index in [0.717, 1.165) is 28.7 Å². The number of benzene rings is 1. The molecule has 1 atom stereocenters. The number of nitrogens with zero attached hydrogens (tertiary/aromatic N) is 1. The van der Waals surface area contributed by atoms with Crippen LogP contribution in [0.1, 0.15) is 35.1 Å². The predicted octanol–water partition coefficient (Wildman–Crippen LogP) is 2.10. The minimum Gasteiger partial charge on any atom is -0.468 e. The van der Waals surface area contributed by atoms with Crippen LogP contribution >= 0.6 is 11.8 Å². The summed E-state index contributed by atoms with van der Waals surface area (Å²) in [5.41, 5.74) is 3.32. The van der Waals surface area contributed by atoms with Crippen LogP contribution in [-0.2, 0) is 24.3 Å². The Bertz CT molecular complexity index is 857. The molecule has 162 valence electrons. The maximum Gasteiger partial charge on any atom is 0.315 e. The summed E-state index contributed by atoms with van der Waals surface area (Å²) < 4.78 is 32.9. The van der Waals surface area contributed by atoms with Gasteiger partial charge in [0.05, 0.1) is 17.8 Å². The summed E-state index contributed by atoms with van der Waals surface area (Å²) >= 11 is 1.49. The summed E-state index contributed by atoms with van der Waals surface area (Å²) in [6.45, 7) is 8.65. The van der Waals surface area contributed by atoms with Crippen molar-refractivity contribution < 1.29 is 22.7 Å². The zero-order valence-corrected chi connectivity index (χ0v) is 19.3. The van der Waals surface area contributed by atoms with E-state index in [1.54, 1.807) is 18.7 Å². The Morgan fingerprint density at radius 2 is 1.83 bits per heavy atom. The molecule has 1 saturated heterocycles. The third kappa shape index (κ3) is 5.96. The van der Waals surface area contributed by atoms with Crippen LogP contribution < -0.4 is 4.72 Å². The number of thioether (sulfide) groups is 1. The van der Waals surface area contributed by atoms with E-state index >= 15 is 0 Å². The van der Waals surface area contributed by atoms with Gasteiger partial charge in [0.1, 0.15) is 0 Å². The second-order valence-corrected chi connectivity index (χ2v) is 10.4. The van der Waals surface area contributed by atoms with Gasteiger partial charge < -0.3 is 9.64 Å². The van der Waals surface area contributed by atoms with Crippen molar-refractivity contribution in [2.75, 3.05) is 32.5 Å². The van der Waals surface area contributed by atoms with Gasteiger partial charge in [0.15, 0.2) is 0 Å². The minimum absolute atomic E-state index is 0.0590. The molecule has 2 rings (SSSR count). The maximum atomic E-state index is 12.8. The number of rotatable bonds is 8. The highest BCUT2D eigenvalue weighted by atomic mass is 32.2. The Morgan fingerprint density at radius 1 is 1.21 bits per heavy atom. The number of ether oxygens (including phenoxy) is 1. The SMILES string of the molecule is COC(=O)CS[C@@H]1CCN(C(=O)CCNS(=O)(=O)c2c(C)c(C)cc(C)c2C)C1. The lowest BCUT2D eigenvalue weighted by molar-refractivity contribution is -0.137. The Kier molecular flexibility index (Phi) is 8.13. The highest BCUT2D eigenvalue weighted by Gasteiger charge is 2.27. The molecule has 7 nitrogen and oxygen atoms in total. The van der Waals surface area contributed by atoms with E-state index in [9.17, 15) is 18.0 Å². The molecular weight excluding hydrogens is 412 g/mol. The maximum absolute atomic E-state index is 12.8. The van der Waals surface area contributed by atoms with E-state index in [4.69, 9.17) is 0 Å². The van der Waals surface area contributed by atoms with Crippen LogP contribution in [0, 0.1) is 27.7 Å². The summed E-state index contributed by atoms with van der Waals surface area (Å²) in [6, 6.07) is 1.98. The molecule has 9 heteroatoms. The molecule has 29 heavy (non-hydrogen) atoms. The first-order valence-corrected chi connectivity index (χ1v) is 12.1. The highest BCUT2D eigenvalue weighted by molar-refractivity contribution is 8.00. The van der Waals surface area contributed by atoms with Gasteiger partial charge in [-0.05, 0) is 56.4 Å². The lowest BCUT2D eigenvalue weighted by atomic mass is 10.0. The monoisotopic (exact) mass is 442 g/mol. The Hall–Kier alpha value is -1.58. The Morgan fingerprint density at radius 3 is 2.41 bits per heavy atom. The van der Waals surface area contributed by atoms with Crippen molar-refractivity contribution in [1.82, 2.24) is 9.62 Å². The number of carbonyl (C=O) groups excluding carboxylic acids is 2. The standard InChI is InChI=1S/C20H30N2O5S2/c1-13-10-14(2)16(4)20(15(13)3)29(25,26)21-8-6-18(23)22-9-7-17(11-22)28-12-19(24)27-5/h10,17,21H,6-9,11-12H2,1-5H3/t17-/m1/s1. The third-order valence-electron chi connectivity index (χ3n) is 5.36. The number of aryl methyl sites for hydroxylation is 2. The van der Waals surface area contributed by atoms with Gasteiger partial charge in [-0.25, -0.2) is 13.1 Å². The van der Waals surface area contributed by atoms with E-state index in [-0.39, 0.29) is 35.8 Å². The number of carbonyl (C=O) groups is 2. The van der Waals surface area contributed by atoms with Gasteiger partial charge in [0.2, 0.25) is 15.9 Å². The first kappa shape index (κ1) is 23.7. The van der Waals surface area contributed by atoms with E-state index in [2.05, 4.69) is 9.46 Å². The third-order valence-corrected chi connectivity index (χ3v) is 8.35. The van der Waals surface area contributed by atoms with Gasteiger partial charge in [-0.2, -0.15) is 0 Å². The van der Waals surface area contributed by atoms with E-state index in [0.29, 0.717) is 18.0 Å². The molecule has 0 aliphatic carbocycles. The average molecular weight is 443 g/mol. The van der Waals surface area contributed by atoms with Crippen molar-refractivity contribution in [3.05, 3.63) is 28.3 Å². The summed E-state index contributed by atoms with van der Waals surface area (Å²) in [7, 11) is -2.34. The largest absolute Gasteiger partial charge is 0.468 e. The number of methoxy groups -OCH3 is 1. The first-order valence-electron chi connectivity index (χ1n) is 9.60. The molecule has 0 unspecified atom stereocenters. The minimum atomic E-state index is -3.69. The number of nitrogens with one attached hydrogen (secondary N) is 1. The van der Waals surface area contributed by atoms with Crippen molar-refractivity contribution in [2.24, 2.45) is 0 Å². The van der Waals surface area contributed by atoms with Gasteiger partial charge in [-0.1, -0.05) is 6.07 Å². The molecule has 1 heterocycles. The number of hydrogen-bond acceptors (Lipinski definition) is 6. The van der Waals surface area contributed by atoms with Gasteiger partial charge in [-0.3, -0.25) is 9.59 Å². The zero-order chi connectivity index (χ0) is 21.8. The van der Waals surface area contributed by atoms with Gasteiger partial charge in [0, 0.05) is 31.3 Å². The quantitative estimate of drug-likeness (QED) is 0.620. The highest BCUT2D eigenvalue weighted by Crippen LogP contribution is 2.26. The molecule has 1 fully saturated rings. The van der Waals surface area contributed by atoms with Gasteiger partial charge in [0.25, 0.3) is 0 Å². The fourth-order valence-electron chi connectivity index (χ4n) is 3.44. The fourth-order valence-corrected chi connectivity index (χ4v) is 6.13.